The lowest BCUT2D eigenvalue weighted by atomic mass is 10.3. The Labute approximate surface area is 110 Å². The zero-order valence-electron chi connectivity index (χ0n) is 9.13. The molecular weight excluding hydrogens is 316 g/mol. The quantitative estimate of drug-likeness (QED) is 0.816. The van der Waals surface area contributed by atoms with E-state index >= 15 is 0 Å². The molecule has 1 aromatic heterocycles. The Morgan fingerprint density at radius 3 is 2.88 bits per heavy atom. The fourth-order valence-corrected chi connectivity index (χ4v) is 2.52. The first-order chi connectivity index (χ1) is 8.00. The number of thiophene rings is 1. The van der Waals surface area contributed by atoms with E-state index in [1.54, 1.807) is 6.07 Å². The largest absolute Gasteiger partial charge is 0.374 e. The summed E-state index contributed by atoms with van der Waals surface area (Å²) < 4.78 is 29.0. The van der Waals surface area contributed by atoms with Crippen LogP contribution in [-0.2, 0) is 4.74 Å². The lowest BCUT2D eigenvalue weighted by Gasteiger charge is -2.04. The average molecular weight is 328 g/mol. The third kappa shape index (κ3) is 5.10. The van der Waals surface area contributed by atoms with Crippen LogP contribution in [0.5, 0.6) is 0 Å². The summed E-state index contributed by atoms with van der Waals surface area (Å²) in [4.78, 5) is 12.2. The summed E-state index contributed by atoms with van der Waals surface area (Å²) in [7, 11) is 0. The Bertz CT molecular complexity index is 365. The molecule has 0 aliphatic rings. The van der Waals surface area contributed by atoms with E-state index in [0.29, 0.717) is 4.88 Å². The van der Waals surface area contributed by atoms with Crippen molar-refractivity contribution >= 4 is 33.2 Å². The van der Waals surface area contributed by atoms with Crippen LogP contribution in [0.3, 0.4) is 0 Å². The van der Waals surface area contributed by atoms with Gasteiger partial charge in [-0.15, -0.1) is 11.3 Å². The Morgan fingerprint density at radius 1 is 1.65 bits per heavy atom. The van der Waals surface area contributed by atoms with Gasteiger partial charge in [0.1, 0.15) is 6.61 Å². The molecule has 0 radical (unpaired) electrons. The summed E-state index contributed by atoms with van der Waals surface area (Å²) in [6, 6.07) is 1.77. The van der Waals surface area contributed by atoms with Gasteiger partial charge < -0.3 is 10.1 Å². The number of carbonyl (C=O) groups is 1. The molecule has 17 heavy (non-hydrogen) atoms. The third-order valence-electron chi connectivity index (χ3n) is 1.86. The van der Waals surface area contributed by atoms with Crippen molar-refractivity contribution in [2.45, 2.75) is 13.3 Å². The first-order valence-corrected chi connectivity index (χ1v) is 6.51. The van der Waals surface area contributed by atoms with Gasteiger partial charge in [0, 0.05) is 6.54 Å². The lowest BCUT2D eigenvalue weighted by Crippen LogP contribution is -2.27. The Hall–Kier alpha value is -0.530. The van der Waals surface area contributed by atoms with Crippen molar-refractivity contribution < 1.29 is 18.3 Å². The number of aryl methyl sites for hydroxylation is 1. The van der Waals surface area contributed by atoms with Crippen LogP contribution in [0.4, 0.5) is 8.78 Å². The fourth-order valence-electron chi connectivity index (χ4n) is 1.07. The molecule has 0 fully saturated rings. The normalized spacial score (nSPS) is 10.9. The first-order valence-electron chi connectivity index (χ1n) is 4.90. The summed E-state index contributed by atoms with van der Waals surface area (Å²) in [5.41, 5.74) is 0.995. The first kappa shape index (κ1) is 14.5. The average Bonchev–Trinajstić information content (AvgIpc) is 2.58. The van der Waals surface area contributed by atoms with Crippen molar-refractivity contribution in [3.8, 4) is 0 Å². The number of ether oxygens (including phenoxy) is 1. The summed E-state index contributed by atoms with van der Waals surface area (Å²) >= 11 is 4.66. The topological polar surface area (TPSA) is 38.3 Å². The van der Waals surface area contributed by atoms with Gasteiger partial charge in [-0.05, 0) is 34.5 Å². The fraction of sp³-hybridized carbons (Fsp3) is 0.500. The number of hydrogen-bond acceptors (Lipinski definition) is 3. The van der Waals surface area contributed by atoms with Crippen LogP contribution in [0.2, 0.25) is 0 Å². The highest BCUT2D eigenvalue weighted by Crippen LogP contribution is 2.27. The minimum atomic E-state index is -2.47. The number of nitrogens with one attached hydrogen (secondary N) is 1. The highest BCUT2D eigenvalue weighted by Gasteiger charge is 2.10. The molecule has 1 N–H and O–H groups in total. The van der Waals surface area contributed by atoms with Crippen LogP contribution in [0.25, 0.3) is 0 Å². The van der Waals surface area contributed by atoms with E-state index in [9.17, 15) is 13.6 Å². The van der Waals surface area contributed by atoms with E-state index in [2.05, 4.69) is 26.0 Å². The van der Waals surface area contributed by atoms with E-state index in [0.717, 1.165) is 9.35 Å². The van der Waals surface area contributed by atoms with Crippen molar-refractivity contribution in [2.75, 3.05) is 19.8 Å². The van der Waals surface area contributed by atoms with Crippen LogP contribution < -0.4 is 5.32 Å². The van der Waals surface area contributed by atoms with Gasteiger partial charge in [-0.3, -0.25) is 4.79 Å². The van der Waals surface area contributed by atoms with Gasteiger partial charge in [-0.2, -0.15) is 0 Å². The number of rotatable bonds is 6. The van der Waals surface area contributed by atoms with Crippen molar-refractivity contribution in [3.63, 3.8) is 0 Å². The standard InChI is InChI=1S/C10H12BrF2NO2S/c1-6-4-7(17-9(6)11)10(15)14-2-3-16-5-8(12)13/h4,8H,2-3,5H2,1H3,(H,14,15). The van der Waals surface area contributed by atoms with Crippen LogP contribution in [-0.4, -0.2) is 32.1 Å². The predicted molar refractivity (Wildman–Crippen MR) is 65.9 cm³/mol. The zero-order valence-corrected chi connectivity index (χ0v) is 11.5. The van der Waals surface area contributed by atoms with Gasteiger partial charge in [0.25, 0.3) is 12.3 Å². The Kier molecular flexibility index (Phi) is 6.01. The summed E-state index contributed by atoms with van der Waals surface area (Å²) in [6.07, 6.45) is -2.47. The molecule has 1 amide bonds. The third-order valence-corrected chi connectivity index (χ3v) is 3.99. The second-order valence-corrected chi connectivity index (χ2v) is 5.66. The van der Waals surface area contributed by atoms with Crippen molar-refractivity contribution in [2.24, 2.45) is 0 Å². The highest BCUT2D eigenvalue weighted by atomic mass is 79.9. The molecule has 0 bridgehead atoms. The van der Waals surface area contributed by atoms with Gasteiger partial charge in [0.15, 0.2) is 0 Å². The molecule has 1 aromatic rings. The second kappa shape index (κ2) is 7.03. The number of hydrogen-bond donors (Lipinski definition) is 1. The Morgan fingerprint density at radius 2 is 2.35 bits per heavy atom. The smallest absolute Gasteiger partial charge is 0.261 e. The molecule has 0 atom stereocenters. The van der Waals surface area contributed by atoms with Crippen LogP contribution >= 0.6 is 27.3 Å². The van der Waals surface area contributed by atoms with Gasteiger partial charge in [0.05, 0.1) is 15.3 Å². The molecule has 1 heterocycles. The van der Waals surface area contributed by atoms with E-state index in [1.165, 1.54) is 11.3 Å². The zero-order chi connectivity index (χ0) is 12.8. The minimum absolute atomic E-state index is 0.0849. The Balaban J connectivity index is 2.26. The number of carbonyl (C=O) groups excluding carboxylic acids is 1. The van der Waals surface area contributed by atoms with E-state index in [-0.39, 0.29) is 19.1 Å². The molecule has 3 nitrogen and oxygen atoms in total. The molecule has 0 aromatic carbocycles. The molecule has 1 rings (SSSR count). The minimum Gasteiger partial charge on any atom is -0.374 e. The monoisotopic (exact) mass is 327 g/mol. The van der Waals surface area contributed by atoms with Gasteiger partial charge in [-0.1, -0.05) is 0 Å². The van der Waals surface area contributed by atoms with Gasteiger partial charge in [-0.25, -0.2) is 8.78 Å². The van der Waals surface area contributed by atoms with Crippen molar-refractivity contribution in [3.05, 3.63) is 20.3 Å². The molecular formula is C10H12BrF2NO2S. The van der Waals surface area contributed by atoms with E-state index in [1.807, 2.05) is 6.92 Å². The molecule has 0 saturated carbocycles. The summed E-state index contributed by atoms with van der Waals surface area (Å²) in [5, 5.41) is 2.59. The van der Waals surface area contributed by atoms with Gasteiger partial charge >= 0.3 is 0 Å². The maximum Gasteiger partial charge on any atom is 0.261 e. The van der Waals surface area contributed by atoms with E-state index in [4.69, 9.17) is 0 Å². The summed E-state index contributed by atoms with van der Waals surface area (Å²) in [6.45, 7) is 1.60. The predicted octanol–water partition coefficient (Wildman–Crippen LogP) is 2.83. The van der Waals surface area contributed by atoms with Crippen molar-refractivity contribution in [1.29, 1.82) is 0 Å². The number of amides is 1. The van der Waals surface area contributed by atoms with Gasteiger partial charge in [0.2, 0.25) is 0 Å². The molecule has 0 saturated heterocycles. The summed E-state index contributed by atoms with van der Waals surface area (Å²) in [5.74, 6) is -0.218. The van der Waals surface area contributed by atoms with Crippen LogP contribution in [0, 0.1) is 6.92 Å². The van der Waals surface area contributed by atoms with Crippen LogP contribution in [0.15, 0.2) is 9.85 Å². The molecule has 96 valence electrons. The molecule has 0 aliphatic carbocycles. The molecule has 0 aliphatic heterocycles. The highest BCUT2D eigenvalue weighted by molar-refractivity contribution is 9.11. The second-order valence-electron chi connectivity index (χ2n) is 3.29. The maximum atomic E-state index is 11.7. The van der Waals surface area contributed by atoms with E-state index < -0.39 is 13.0 Å². The van der Waals surface area contributed by atoms with Crippen molar-refractivity contribution in [1.82, 2.24) is 5.32 Å². The SMILES string of the molecule is Cc1cc(C(=O)NCCOCC(F)F)sc1Br. The van der Waals surface area contributed by atoms with Crippen LogP contribution in [0.1, 0.15) is 15.2 Å². The molecule has 0 unspecified atom stereocenters. The molecule has 7 heteroatoms. The maximum absolute atomic E-state index is 11.7. The number of alkyl halides is 2. The molecule has 0 spiro atoms. The number of halogens is 3. The lowest BCUT2D eigenvalue weighted by molar-refractivity contribution is 0.0188.